The maximum absolute atomic E-state index is 12.9. The number of benzene rings is 2. The van der Waals surface area contributed by atoms with Crippen LogP contribution < -0.4 is 9.47 Å². The first-order valence-corrected chi connectivity index (χ1v) is 5.66. The van der Waals surface area contributed by atoms with Crippen LogP contribution in [-0.4, -0.2) is 20.5 Å². The average molecular weight is 260 g/mol. The summed E-state index contributed by atoms with van der Waals surface area (Å²) in [5, 5.41) is 0. The zero-order valence-electron chi connectivity index (χ0n) is 10.6. The Morgan fingerprint density at radius 1 is 1.00 bits per heavy atom. The van der Waals surface area contributed by atoms with Crippen molar-refractivity contribution in [3.8, 4) is 22.6 Å². The quantitative estimate of drug-likeness (QED) is 0.791. The van der Waals surface area contributed by atoms with E-state index in [0.29, 0.717) is 28.9 Å². The van der Waals surface area contributed by atoms with Gasteiger partial charge in [-0.05, 0) is 23.8 Å². The predicted molar refractivity (Wildman–Crippen MR) is 70.3 cm³/mol. The van der Waals surface area contributed by atoms with Crippen molar-refractivity contribution < 1.29 is 18.7 Å². The topological polar surface area (TPSA) is 35.5 Å². The number of halogens is 1. The van der Waals surface area contributed by atoms with E-state index in [1.165, 1.54) is 26.4 Å². The normalized spacial score (nSPS) is 10.1. The molecule has 0 fully saturated rings. The molecule has 98 valence electrons. The number of carbonyl (C=O) groups excluding carboxylic acids is 1. The SMILES string of the molecule is COc1cc(OC)c(-c2ccc(F)cc2)cc1C=O. The Morgan fingerprint density at radius 2 is 1.63 bits per heavy atom. The molecular weight excluding hydrogens is 247 g/mol. The van der Waals surface area contributed by atoms with Gasteiger partial charge in [0.05, 0.1) is 19.8 Å². The van der Waals surface area contributed by atoms with Gasteiger partial charge in [0.2, 0.25) is 0 Å². The van der Waals surface area contributed by atoms with Gasteiger partial charge in [0, 0.05) is 11.6 Å². The standard InChI is InChI=1S/C15H13FO3/c1-18-14-8-15(19-2)13(7-11(14)9-17)10-3-5-12(16)6-4-10/h3-9H,1-2H3. The minimum atomic E-state index is -0.313. The van der Waals surface area contributed by atoms with E-state index in [1.54, 1.807) is 24.3 Å². The Morgan fingerprint density at radius 3 is 2.16 bits per heavy atom. The van der Waals surface area contributed by atoms with E-state index in [2.05, 4.69) is 0 Å². The molecular formula is C15H13FO3. The lowest BCUT2D eigenvalue weighted by Gasteiger charge is -2.12. The second kappa shape index (κ2) is 5.52. The summed E-state index contributed by atoms with van der Waals surface area (Å²) in [7, 11) is 3.02. The van der Waals surface area contributed by atoms with Crippen molar-refractivity contribution in [3.63, 3.8) is 0 Å². The fourth-order valence-electron chi connectivity index (χ4n) is 1.87. The van der Waals surface area contributed by atoms with E-state index < -0.39 is 0 Å². The largest absolute Gasteiger partial charge is 0.496 e. The molecule has 2 aromatic rings. The minimum Gasteiger partial charge on any atom is -0.496 e. The molecule has 0 bridgehead atoms. The monoisotopic (exact) mass is 260 g/mol. The van der Waals surface area contributed by atoms with E-state index in [0.717, 1.165) is 5.56 Å². The smallest absolute Gasteiger partial charge is 0.153 e. The first kappa shape index (κ1) is 13.1. The van der Waals surface area contributed by atoms with Gasteiger partial charge in [-0.1, -0.05) is 12.1 Å². The third-order valence-corrected chi connectivity index (χ3v) is 2.83. The van der Waals surface area contributed by atoms with Crippen molar-refractivity contribution in [2.75, 3.05) is 14.2 Å². The zero-order valence-corrected chi connectivity index (χ0v) is 10.6. The molecule has 0 aliphatic heterocycles. The molecule has 19 heavy (non-hydrogen) atoms. The van der Waals surface area contributed by atoms with Crippen molar-refractivity contribution in [2.45, 2.75) is 0 Å². The minimum absolute atomic E-state index is 0.313. The number of hydrogen-bond donors (Lipinski definition) is 0. The van der Waals surface area contributed by atoms with Crippen LogP contribution >= 0.6 is 0 Å². The summed E-state index contributed by atoms with van der Waals surface area (Å²) in [5.41, 5.74) is 1.90. The molecule has 0 saturated heterocycles. The molecule has 2 rings (SSSR count). The van der Waals surface area contributed by atoms with Crippen LogP contribution in [0.3, 0.4) is 0 Å². The summed E-state index contributed by atoms with van der Waals surface area (Å²) in [6.07, 6.45) is 0.714. The number of methoxy groups -OCH3 is 2. The fourth-order valence-corrected chi connectivity index (χ4v) is 1.87. The third-order valence-electron chi connectivity index (χ3n) is 2.83. The Balaban J connectivity index is 2.61. The van der Waals surface area contributed by atoms with Crippen molar-refractivity contribution in [1.29, 1.82) is 0 Å². The van der Waals surface area contributed by atoms with Crippen LogP contribution in [0.1, 0.15) is 10.4 Å². The van der Waals surface area contributed by atoms with Crippen molar-refractivity contribution in [1.82, 2.24) is 0 Å². The molecule has 3 nitrogen and oxygen atoms in total. The molecule has 0 N–H and O–H groups in total. The Bertz CT molecular complexity index is 591. The van der Waals surface area contributed by atoms with E-state index >= 15 is 0 Å². The molecule has 0 aliphatic rings. The van der Waals surface area contributed by atoms with Crippen LogP contribution in [0.2, 0.25) is 0 Å². The first-order valence-electron chi connectivity index (χ1n) is 5.66. The van der Waals surface area contributed by atoms with Crippen molar-refractivity contribution >= 4 is 6.29 Å². The summed E-state index contributed by atoms with van der Waals surface area (Å²) in [4.78, 5) is 11.0. The molecule has 0 unspecified atom stereocenters. The van der Waals surface area contributed by atoms with Gasteiger partial charge >= 0.3 is 0 Å². The highest BCUT2D eigenvalue weighted by Crippen LogP contribution is 2.35. The molecule has 0 amide bonds. The first-order chi connectivity index (χ1) is 9.19. The number of carbonyl (C=O) groups is 1. The Labute approximate surface area is 110 Å². The van der Waals surface area contributed by atoms with Crippen molar-refractivity contribution in [3.05, 3.63) is 47.8 Å². The molecule has 0 radical (unpaired) electrons. The van der Waals surface area contributed by atoms with Crippen molar-refractivity contribution in [2.24, 2.45) is 0 Å². The van der Waals surface area contributed by atoms with Crippen LogP contribution in [0.4, 0.5) is 4.39 Å². The molecule has 0 atom stereocenters. The van der Waals surface area contributed by atoms with Gasteiger partial charge in [-0.2, -0.15) is 0 Å². The van der Waals surface area contributed by atoms with Gasteiger partial charge in [-0.15, -0.1) is 0 Å². The Hall–Kier alpha value is -2.36. The van der Waals surface area contributed by atoms with Crippen LogP contribution in [0.5, 0.6) is 11.5 Å². The highest BCUT2D eigenvalue weighted by Gasteiger charge is 2.12. The van der Waals surface area contributed by atoms with Gasteiger partial charge in [0.1, 0.15) is 17.3 Å². The zero-order chi connectivity index (χ0) is 13.8. The Kier molecular flexibility index (Phi) is 3.80. The van der Waals surface area contributed by atoms with E-state index in [9.17, 15) is 9.18 Å². The van der Waals surface area contributed by atoms with E-state index in [1.807, 2.05) is 0 Å². The van der Waals surface area contributed by atoms with Crippen LogP contribution in [0, 0.1) is 5.82 Å². The van der Waals surface area contributed by atoms with Crippen LogP contribution in [0.25, 0.3) is 11.1 Å². The van der Waals surface area contributed by atoms with E-state index in [-0.39, 0.29) is 5.82 Å². The highest BCUT2D eigenvalue weighted by atomic mass is 19.1. The van der Waals surface area contributed by atoms with Gasteiger partial charge in [0.15, 0.2) is 6.29 Å². The average Bonchev–Trinajstić information content (AvgIpc) is 2.46. The highest BCUT2D eigenvalue weighted by molar-refractivity contribution is 5.85. The summed E-state index contributed by atoms with van der Waals surface area (Å²) in [5.74, 6) is 0.693. The maximum atomic E-state index is 12.9. The molecule has 0 saturated carbocycles. The predicted octanol–water partition coefficient (Wildman–Crippen LogP) is 3.32. The number of ether oxygens (including phenoxy) is 2. The molecule has 0 spiro atoms. The van der Waals surface area contributed by atoms with Gasteiger partial charge in [-0.25, -0.2) is 4.39 Å². The number of hydrogen-bond acceptors (Lipinski definition) is 3. The van der Waals surface area contributed by atoms with Gasteiger partial charge in [0.25, 0.3) is 0 Å². The lowest BCUT2D eigenvalue weighted by atomic mass is 10.0. The third kappa shape index (κ3) is 2.57. The fraction of sp³-hybridized carbons (Fsp3) is 0.133. The number of aldehydes is 1. The van der Waals surface area contributed by atoms with Crippen LogP contribution in [-0.2, 0) is 0 Å². The summed E-state index contributed by atoms with van der Waals surface area (Å²) >= 11 is 0. The summed E-state index contributed by atoms with van der Waals surface area (Å²) < 4.78 is 23.3. The van der Waals surface area contributed by atoms with E-state index in [4.69, 9.17) is 9.47 Å². The van der Waals surface area contributed by atoms with Gasteiger partial charge in [-0.3, -0.25) is 4.79 Å². The summed E-state index contributed by atoms with van der Waals surface area (Å²) in [6.45, 7) is 0. The molecule has 2 aromatic carbocycles. The van der Waals surface area contributed by atoms with Gasteiger partial charge < -0.3 is 9.47 Å². The lowest BCUT2D eigenvalue weighted by Crippen LogP contribution is -1.95. The summed E-state index contributed by atoms with van der Waals surface area (Å²) in [6, 6.07) is 9.29. The molecule has 0 heterocycles. The molecule has 0 aliphatic carbocycles. The molecule has 0 aromatic heterocycles. The number of rotatable bonds is 4. The van der Waals surface area contributed by atoms with Crippen LogP contribution in [0.15, 0.2) is 36.4 Å². The lowest BCUT2D eigenvalue weighted by molar-refractivity contribution is 0.112. The second-order valence-electron chi connectivity index (χ2n) is 3.92. The second-order valence-corrected chi connectivity index (χ2v) is 3.92. The maximum Gasteiger partial charge on any atom is 0.153 e. The molecule has 4 heteroatoms.